The number of hydrogen-bond acceptors (Lipinski definition) is 2. The van der Waals surface area contributed by atoms with E-state index in [1.165, 1.54) is 12.8 Å². The van der Waals surface area contributed by atoms with Crippen LogP contribution in [0.15, 0.2) is 0 Å². The first-order valence-electron chi connectivity index (χ1n) is 6.16. The van der Waals surface area contributed by atoms with Crippen molar-refractivity contribution in [3.8, 4) is 0 Å². The zero-order valence-electron chi connectivity index (χ0n) is 10.0. The number of nitrogens with zero attached hydrogens (tertiary/aromatic N) is 1. The van der Waals surface area contributed by atoms with Crippen LogP contribution in [0.4, 0.5) is 0 Å². The predicted octanol–water partition coefficient (Wildman–Crippen LogP) is 1.76. The zero-order chi connectivity index (χ0) is 11.3. The van der Waals surface area contributed by atoms with E-state index in [2.05, 4.69) is 18.7 Å². The number of rotatable bonds is 5. The summed E-state index contributed by atoms with van der Waals surface area (Å²) in [7, 11) is 0. The summed E-state index contributed by atoms with van der Waals surface area (Å²) < 4.78 is 0. The van der Waals surface area contributed by atoms with Gasteiger partial charge in [0.2, 0.25) is 5.91 Å². The normalized spacial score (nSPS) is 21.3. The molecular formula is C12H24N2O. The van der Waals surface area contributed by atoms with Crippen molar-refractivity contribution in [2.75, 3.05) is 13.1 Å². The number of hydrogen-bond donors (Lipinski definition) is 1. The second-order valence-corrected chi connectivity index (χ2v) is 4.79. The molecule has 0 bridgehead atoms. The molecule has 1 aliphatic rings. The number of unbranched alkanes of at least 4 members (excludes halogenated alkanes) is 1. The molecule has 1 unspecified atom stereocenters. The van der Waals surface area contributed by atoms with E-state index in [4.69, 9.17) is 5.73 Å². The molecule has 1 fully saturated rings. The lowest BCUT2D eigenvalue weighted by molar-refractivity contribution is -0.132. The number of carbonyl (C=O) groups is 1. The molecule has 2 N–H and O–H groups in total. The van der Waals surface area contributed by atoms with E-state index < -0.39 is 0 Å². The average Bonchev–Trinajstić information content (AvgIpc) is 2.66. The van der Waals surface area contributed by atoms with Crippen LogP contribution in [0.1, 0.15) is 46.0 Å². The van der Waals surface area contributed by atoms with Crippen LogP contribution in [-0.4, -0.2) is 29.9 Å². The Morgan fingerprint density at radius 3 is 2.80 bits per heavy atom. The highest BCUT2D eigenvalue weighted by Gasteiger charge is 2.29. The van der Waals surface area contributed by atoms with E-state index in [0.29, 0.717) is 30.8 Å². The van der Waals surface area contributed by atoms with Crippen LogP contribution in [-0.2, 0) is 4.79 Å². The van der Waals surface area contributed by atoms with Crippen LogP contribution >= 0.6 is 0 Å². The van der Waals surface area contributed by atoms with Crippen LogP contribution in [0.5, 0.6) is 0 Å². The molecule has 0 aliphatic carbocycles. The van der Waals surface area contributed by atoms with Crippen LogP contribution in [0.3, 0.4) is 0 Å². The van der Waals surface area contributed by atoms with E-state index >= 15 is 0 Å². The highest BCUT2D eigenvalue weighted by Crippen LogP contribution is 2.24. The minimum atomic E-state index is 0.333. The fourth-order valence-corrected chi connectivity index (χ4v) is 2.36. The van der Waals surface area contributed by atoms with Gasteiger partial charge in [-0.05, 0) is 38.1 Å². The van der Waals surface area contributed by atoms with Gasteiger partial charge >= 0.3 is 0 Å². The molecule has 0 aromatic rings. The third-order valence-corrected chi connectivity index (χ3v) is 3.23. The van der Waals surface area contributed by atoms with Gasteiger partial charge in [-0.1, -0.05) is 13.8 Å². The second-order valence-electron chi connectivity index (χ2n) is 4.79. The highest BCUT2D eigenvalue weighted by atomic mass is 16.2. The van der Waals surface area contributed by atoms with Crippen LogP contribution in [0.2, 0.25) is 0 Å². The Hall–Kier alpha value is -0.570. The summed E-state index contributed by atoms with van der Waals surface area (Å²) in [6.07, 6.45) is 4.94. The van der Waals surface area contributed by atoms with Gasteiger partial charge in [0.1, 0.15) is 0 Å². The standard InChI is InChI=1S/C12H24N2O/c1-10(2)11-6-5-9-14(11)12(15)7-3-4-8-13/h10-11H,3-9,13H2,1-2H3. The first-order chi connectivity index (χ1) is 7.16. The Morgan fingerprint density at radius 2 is 2.20 bits per heavy atom. The van der Waals surface area contributed by atoms with Gasteiger partial charge in [-0.2, -0.15) is 0 Å². The Bertz CT molecular complexity index is 204. The monoisotopic (exact) mass is 212 g/mol. The number of carbonyl (C=O) groups excluding carboxylic acids is 1. The second kappa shape index (κ2) is 6.11. The quantitative estimate of drug-likeness (QED) is 0.706. The molecular weight excluding hydrogens is 188 g/mol. The predicted molar refractivity (Wildman–Crippen MR) is 62.5 cm³/mol. The maximum absolute atomic E-state index is 11.9. The average molecular weight is 212 g/mol. The van der Waals surface area contributed by atoms with E-state index in [9.17, 15) is 4.79 Å². The molecule has 0 spiro atoms. The number of amides is 1. The molecule has 0 saturated carbocycles. The molecule has 88 valence electrons. The Kier molecular flexibility index (Phi) is 5.09. The van der Waals surface area contributed by atoms with E-state index in [1.54, 1.807) is 0 Å². The fraction of sp³-hybridized carbons (Fsp3) is 0.917. The van der Waals surface area contributed by atoms with Gasteiger partial charge in [0.25, 0.3) is 0 Å². The van der Waals surface area contributed by atoms with Gasteiger partial charge in [0.15, 0.2) is 0 Å². The van der Waals surface area contributed by atoms with E-state index in [1.807, 2.05) is 0 Å². The molecule has 3 heteroatoms. The van der Waals surface area contributed by atoms with Gasteiger partial charge in [-0.15, -0.1) is 0 Å². The van der Waals surface area contributed by atoms with E-state index in [0.717, 1.165) is 19.4 Å². The summed E-state index contributed by atoms with van der Waals surface area (Å²) in [5.74, 6) is 0.922. The molecule has 3 nitrogen and oxygen atoms in total. The fourth-order valence-electron chi connectivity index (χ4n) is 2.36. The number of nitrogens with two attached hydrogens (primary N) is 1. The third kappa shape index (κ3) is 3.49. The molecule has 0 aromatic carbocycles. The molecule has 0 aromatic heterocycles. The summed E-state index contributed by atoms with van der Waals surface area (Å²) in [5.41, 5.74) is 5.42. The maximum atomic E-state index is 11.9. The van der Waals surface area contributed by atoms with Crippen LogP contribution < -0.4 is 5.73 Å². The minimum Gasteiger partial charge on any atom is -0.339 e. The summed E-state index contributed by atoms with van der Waals surface area (Å²) in [5, 5.41) is 0. The van der Waals surface area contributed by atoms with Crippen molar-refractivity contribution in [1.29, 1.82) is 0 Å². The minimum absolute atomic E-state index is 0.333. The summed E-state index contributed by atoms with van der Waals surface area (Å²) in [4.78, 5) is 14.0. The van der Waals surface area contributed by atoms with Crippen molar-refractivity contribution in [2.24, 2.45) is 11.7 Å². The molecule has 1 aliphatic heterocycles. The molecule has 1 atom stereocenters. The smallest absolute Gasteiger partial charge is 0.222 e. The van der Waals surface area contributed by atoms with Crippen LogP contribution in [0, 0.1) is 5.92 Å². The third-order valence-electron chi connectivity index (χ3n) is 3.23. The maximum Gasteiger partial charge on any atom is 0.222 e. The van der Waals surface area contributed by atoms with Crippen molar-refractivity contribution in [3.63, 3.8) is 0 Å². The lowest BCUT2D eigenvalue weighted by Crippen LogP contribution is -2.38. The lowest BCUT2D eigenvalue weighted by Gasteiger charge is -2.27. The van der Waals surface area contributed by atoms with Crippen LogP contribution in [0.25, 0.3) is 0 Å². The molecule has 1 rings (SSSR count). The summed E-state index contributed by atoms with van der Waals surface area (Å²) in [6.45, 7) is 6.07. The molecule has 15 heavy (non-hydrogen) atoms. The van der Waals surface area contributed by atoms with Crippen molar-refractivity contribution in [2.45, 2.75) is 52.0 Å². The van der Waals surface area contributed by atoms with Gasteiger partial charge in [-0.3, -0.25) is 4.79 Å². The summed E-state index contributed by atoms with van der Waals surface area (Å²) >= 11 is 0. The van der Waals surface area contributed by atoms with Crippen molar-refractivity contribution in [3.05, 3.63) is 0 Å². The van der Waals surface area contributed by atoms with Crippen molar-refractivity contribution in [1.82, 2.24) is 4.90 Å². The van der Waals surface area contributed by atoms with Gasteiger partial charge < -0.3 is 10.6 Å². The summed E-state index contributed by atoms with van der Waals surface area (Å²) in [6, 6.07) is 0.482. The van der Waals surface area contributed by atoms with Gasteiger partial charge in [-0.25, -0.2) is 0 Å². The Labute approximate surface area is 93.0 Å². The first kappa shape index (κ1) is 12.5. The van der Waals surface area contributed by atoms with Crippen molar-refractivity contribution < 1.29 is 4.79 Å². The topological polar surface area (TPSA) is 46.3 Å². The van der Waals surface area contributed by atoms with Gasteiger partial charge in [0, 0.05) is 19.0 Å². The highest BCUT2D eigenvalue weighted by molar-refractivity contribution is 5.76. The van der Waals surface area contributed by atoms with Crippen molar-refractivity contribution >= 4 is 5.91 Å². The zero-order valence-corrected chi connectivity index (χ0v) is 10.0. The molecule has 0 radical (unpaired) electrons. The molecule has 1 heterocycles. The van der Waals surface area contributed by atoms with Gasteiger partial charge in [0.05, 0.1) is 0 Å². The molecule has 1 amide bonds. The Balaban J connectivity index is 2.37. The largest absolute Gasteiger partial charge is 0.339 e. The SMILES string of the molecule is CC(C)C1CCCN1C(=O)CCCCN. The lowest BCUT2D eigenvalue weighted by atomic mass is 10.0. The Morgan fingerprint density at radius 1 is 1.47 bits per heavy atom. The van der Waals surface area contributed by atoms with E-state index in [-0.39, 0.29) is 0 Å². The number of likely N-dealkylation sites (tertiary alicyclic amines) is 1. The molecule has 1 saturated heterocycles. The first-order valence-corrected chi connectivity index (χ1v) is 6.16.